The molecule has 0 radical (unpaired) electrons. The molecule has 11 heavy (non-hydrogen) atoms. The molecule has 0 fully saturated rings. The second-order valence-corrected chi connectivity index (χ2v) is 2.64. The topological polar surface area (TPSA) is 12.4 Å². The van der Waals surface area contributed by atoms with Crippen LogP contribution in [0.5, 0.6) is 0 Å². The van der Waals surface area contributed by atoms with Gasteiger partial charge in [-0.05, 0) is 19.4 Å². The standard InChI is InChI=1S/C10H19N/c1-3-5-7-8-10-11-9-6-4-2/h4,6,9H,3,5,7-8,10H2,1-2H3. The van der Waals surface area contributed by atoms with Gasteiger partial charge in [-0.15, -0.1) is 0 Å². The number of aliphatic imine (C=N–C) groups is 1. The smallest absolute Gasteiger partial charge is 0.0389 e. The molecular weight excluding hydrogens is 134 g/mol. The molecule has 0 aliphatic rings. The summed E-state index contributed by atoms with van der Waals surface area (Å²) in [6, 6.07) is 0. The van der Waals surface area contributed by atoms with Crippen molar-refractivity contribution in [3.05, 3.63) is 12.2 Å². The van der Waals surface area contributed by atoms with Crippen molar-refractivity contribution in [2.75, 3.05) is 6.54 Å². The van der Waals surface area contributed by atoms with Crippen LogP contribution in [0.4, 0.5) is 0 Å². The Morgan fingerprint density at radius 3 is 2.64 bits per heavy atom. The summed E-state index contributed by atoms with van der Waals surface area (Å²) in [5.41, 5.74) is 0. The normalized spacial score (nSPS) is 11.8. The van der Waals surface area contributed by atoms with Gasteiger partial charge in [0.2, 0.25) is 0 Å². The van der Waals surface area contributed by atoms with E-state index in [-0.39, 0.29) is 0 Å². The van der Waals surface area contributed by atoms with E-state index in [1.807, 2.05) is 25.3 Å². The number of allylic oxidation sites excluding steroid dienone is 2. The van der Waals surface area contributed by atoms with E-state index < -0.39 is 0 Å². The Kier molecular flexibility index (Phi) is 8.91. The number of nitrogens with zero attached hydrogens (tertiary/aromatic N) is 1. The fourth-order valence-electron chi connectivity index (χ4n) is 0.851. The van der Waals surface area contributed by atoms with Gasteiger partial charge in [0, 0.05) is 12.8 Å². The highest BCUT2D eigenvalue weighted by Gasteiger charge is 1.83. The molecule has 1 heteroatoms. The molecule has 0 N–H and O–H groups in total. The van der Waals surface area contributed by atoms with E-state index in [0.717, 1.165) is 6.54 Å². The second kappa shape index (κ2) is 9.41. The maximum atomic E-state index is 4.22. The zero-order valence-electron chi connectivity index (χ0n) is 7.71. The Balaban J connectivity index is 3.01. The predicted octanol–water partition coefficient (Wildman–Crippen LogP) is 3.21. The van der Waals surface area contributed by atoms with Gasteiger partial charge in [-0.2, -0.15) is 0 Å². The number of rotatable bonds is 6. The minimum atomic E-state index is 0.990. The lowest BCUT2D eigenvalue weighted by molar-refractivity contribution is 0.676. The molecule has 0 aromatic rings. The monoisotopic (exact) mass is 153 g/mol. The highest BCUT2D eigenvalue weighted by Crippen LogP contribution is 1.97. The number of unbranched alkanes of at least 4 members (excludes halogenated alkanes) is 3. The molecule has 0 spiro atoms. The first-order valence-electron chi connectivity index (χ1n) is 4.53. The summed E-state index contributed by atoms with van der Waals surface area (Å²) in [4.78, 5) is 4.22. The van der Waals surface area contributed by atoms with E-state index in [2.05, 4.69) is 11.9 Å². The molecule has 0 saturated heterocycles. The van der Waals surface area contributed by atoms with Gasteiger partial charge < -0.3 is 0 Å². The third kappa shape index (κ3) is 9.41. The van der Waals surface area contributed by atoms with E-state index >= 15 is 0 Å². The van der Waals surface area contributed by atoms with Crippen molar-refractivity contribution in [2.24, 2.45) is 4.99 Å². The van der Waals surface area contributed by atoms with Crippen molar-refractivity contribution in [3.8, 4) is 0 Å². The Bertz CT molecular complexity index is 114. The Labute approximate surface area is 70.2 Å². The Morgan fingerprint density at radius 2 is 2.00 bits per heavy atom. The molecule has 64 valence electrons. The minimum Gasteiger partial charge on any atom is -0.293 e. The van der Waals surface area contributed by atoms with Gasteiger partial charge in [-0.1, -0.05) is 32.3 Å². The fraction of sp³-hybridized carbons (Fsp3) is 0.700. The molecule has 0 aliphatic heterocycles. The molecule has 0 rings (SSSR count). The fourth-order valence-corrected chi connectivity index (χ4v) is 0.851. The molecule has 0 aromatic carbocycles. The second-order valence-electron chi connectivity index (χ2n) is 2.64. The summed E-state index contributed by atoms with van der Waals surface area (Å²) in [5.74, 6) is 0. The quantitative estimate of drug-likeness (QED) is 0.410. The third-order valence-corrected chi connectivity index (χ3v) is 1.52. The summed E-state index contributed by atoms with van der Waals surface area (Å²) in [7, 11) is 0. The lowest BCUT2D eigenvalue weighted by Gasteiger charge is -1.92. The summed E-state index contributed by atoms with van der Waals surface area (Å²) in [5, 5.41) is 0. The summed E-state index contributed by atoms with van der Waals surface area (Å²) < 4.78 is 0. The van der Waals surface area contributed by atoms with E-state index in [4.69, 9.17) is 0 Å². The van der Waals surface area contributed by atoms with Crippen molar-refractivity contribution in [2.45, 2.75) is 39.5 Å². The molecule has 0 aliphatic carbocycles. The van der Waals surface area contributed by atoms with Gasteiger partial charge in [0.15, 0.2) is 0 Å². The van der Waals surface area contributed by atoms with Crippen molar-refractivity contribution in [1.82, 2.24) is 0 Å². The van der Waals surface area contributed by atoms with E-state index in [0.29, 0.717) is 0 Å². The van der Waals surface area contributed by atoms with Crippen LogP contribution < -0.4 is 0 Å². The molecule has 0 heterocycles. The highest BCUT2D eigenvalue weighted by atomic mass is 14.7. The number of hydrogen-bond donors (Lipinski definition) is 0. The lowest BCUT2D eigenvalue weighted by atomic mass is 10.2. The molecular formula is C10H19N. The van der Waals surface area contributed by atoms with Crippen LogP contribution in [0.3, 0.4) is 0 Å². The zero-order valence-corrected chi connectivity index (χ0v) is 7.71. The average molecular weight is 153 g/mol. The van der Waals surface area contributed by atoms with Crippen LogP contribution in [0.15, 0.2) is 17.1 Å². The van der Waals surface area contributed by atoms with Crippen molar-refractivity contribution in [1.29, 1.82) is 0 Å². The first-order valence-corrected chi connectivity index (χ1v) is 4.53. The lowest BCUT2D eigenvalue weighted by Crippen LogP contribution is -1.81. The summed E-state index contributed by atoms with van der Waals surface area (Å²) in [6.45, 7) is 5.22. The van der Waals surface area contributed by atoms with Crippen LogP contribution in [-0.2, 0) is 0 Å². The Hall–Kier alpha value is -0.590. The summed E-state index contributed by atoms with van der Waals surface area (Å²) >= 11 is 0. The van der Waals surface area contributed by atoms with Crippen LogP contribution >= 0.6 is 0 Å². The first-order chi connectivity index (χ1) is 5.41. The average Bonchev–Trinajstić information content (AvgIpc) is 2.03. The molecule has 0 saturated carbocycles. The van der Waals surface area contributed by atoms with E-state index in [1.54, 1.807) is 0 Å². The van der Waals surface area contributed by atoms with Crippen LogP contribution in [-0.4, -0.2) is 12.8 Å². The van der Waals surface area contributed by atoms with Crippen LogP contribution in [0.2, 0.25) is 0 Å². The van der Waals surface area contributed by atoms with Gasteiger partial charge in [-0.25, -0.2) is 0 Å². The molecule has 0 unspecified atom stereocenters. The Morgan fingerprint density at radius 1 is 1.18 bits per heavy atom. The highest BCUT2D eigenvalue weighted by molar-refractivity contribution is 5.70. The van der Waals surface area contributed by atoms with E-state index in [1.165, 1.54) is 25.7 Å². The first kappa shape index (κ1) is 10.4. The van der Waals surface area contributed by atoms with Gasteiger partial charge >= 0.3 is 0 Å². The van der Waals surface area contributed by atoms with Gasteiger partial charge in [0.1, 0.15) is 0 Å². The molecule has 1 nitrogen and oxygen atoms in total. The summed E-state index contributed by atoms with van der Waals surface area (Å²) in [6.07, 6.45) is 11.1. The van der Waals surface area contributed by atoms with Crippen molar-refractivity contribution >= 4 is 6.21 Å². The van der Waals surface area contributed by atoms with Gasteiger partial charge in [0.05, 0.1) is 0 Å². The van der Waals surface area contributed by atoms with Gasteiger partial charge in [0.25, 0.3) is 0 Å². The van der Waals surface area contributed by atoms with Crippen LogP contribution in [0.1, 0.15) is 39.5 Å². The molecule has 0 atom stereocenters. The molecule has 0 amide bonds. The van der Waals surface area contributed by atoms with E-state index in [9.17, 15) is 0 Å². The molecule has 0 aromatic heterocycles. The minimum absolute atomic E-state index is 0.990. The van der Waals surface area contributed by atoms with Crippen molar-refractivity contribution < 1.29 is 0 Å². The number of hydrogen-bond acceptors (Lipinski definition) is 1. The van der Waals surface area contributed by atoms with Crippen LogP contribution in [0.25, 0.3) is 0 Å². The van der Waals surface area contributed by atoms with Gasteiger partial charge in [-0.3, -0.25) is 4.99 Å². The van der Waals surface area contributed by atoms with Crippen LogP contribution in [0, 0.1) is 0 Å². The molecule has 0 bridgehead atoms. The van der Waals surface area contributed by atoms with Crippen molar-refractivity contribution in [3.63, 3.8) is 0 Å². The maximum absolute atomic E-state index is 4.22. The maximum Gasteiger partial charge on any atom is 0.0389 e. The largest absolute Gasteiger partial charge is 0.293 e. The predicted molar refractivity (Wildman–Crippen MR) is 52.3 cm³/mol. The third-order valence-electron chi connectivity index (χ3n) is 1.52. The SMILES string of the molecule is CC=CC=NCCCCCC. The zero-order chi connectivity index (χ0) is 8.36.